The summed E-state index contributed by atoms with van der Waals surface area (Å²) in [5.41, 5.74) is 2.90. The summed E-state index contributed by atoms with van der Waals surface area (Å²) in [7, 11) is 3.21. The van der Waals surface area contributed by atoms with Crippen LogP contribution in [0.2, 0.25) is 0 Å². The average molecular weight is 487 g/mol. The lowest BCUT2D eigenvalue weighted by molar-refractivity contribution is -0.134. The molecular weight excluding hydrogens is 471 g/mol. The number of hydrogen-bond donors (Lipinski definition) is 0. The van der Waals surface area contributed by atoms with Crippen molar-refractivity contribution < 1.29 is 13.9 Å². The molecule has 0 radical (unpaired) electrons. The Labute approximate surface area is 184 Å². The summed E-state index contributed by atoms with van der Waals surface area (Å²) in [5.74, 6) is -0.00851. The summed E-state index contributed by atoms with van der Waals surface area (Å²) >= 11 is 4.95. The zero-order valence-corrected chi connectivity index (χ0v) is 18.4. The number of imidazole rings is 1. The minimum atomic E-state index is -0.463. The lowest BCUT2D eigenvalue weighted by Gasteiger charge is -2.16. The van der Waals surface area contributed by atoms with E-state index in [0.717, 1.165) is 32.3 Å². The second-order valence-electron chi connectivity index (χ2n) is 6.33. The number of carbonyl (C=O) groups is 1. The van der Waals surface area contributed by atoms with Crippen LogP contribution < -0.4 is 4.90 Å². The van der Waals surface area contributed by atoms with Crippen molar-refractivity contribution in [2.45, 2.75) is 0 Å². The largest absolute Gasteiger partial charge is 0.466 e. The van der Waals surface area contributed by atoms with E-state index in [2.05, 4.69) is 20.9 Å². The summed E-state index contributed by atoms with van der Waals surface area (Å²) in [5, 5.41) is 2.64. The lowest BCUT2D eigenvalue weighted by atomic mass is 10.2. The number of esters is 1. The topological polar surface area (TPSA) is 59.7 Å². The SMILES string of the molecule is COC(=O)/C=C/c1nc2ccc(Br)cn2c1N(C)c1nc(-c2ccc(F)cc2)cs1. The van der Waals surface area contributed by atoms with Gasteiger partial charge in [0, 0.05) is 34.7 Å². The van der Waals surface area contributed by atoms with Crippen LogP contribution in [0.25, 0.3) is 23.0 Å². The van der Waals surface area contributed by atoms with Crippen LogP contribution in [-0.2, 0) is 9.53 Å². The van der Waals surface area contributed by atoms with Gasteiger partial charge in [-0.3, -0.25) is 4.40 Å². The number of nitrogens with zero attached hydrogens (tertiary/aromatic N) is 4. The van der Waals surface area contributed by atoms with Crippen molar-refractivity contribution >= 4 is 55.9 Å². The van der Waals surface area contributed by atoms with E-state index in [1.165, 1.54) is 36.7 Å². The number of pyridine rings is 1. The van der Waals surface area contributed by atoms with E-state index in [1.54, 1.807) is 18.2 Å². The van der Waals surface area contributed by atoms with Crippen molar-refractivity contribution in [1.82, 2.24) is 14.4 Å². The molecule has 0 aliphatic carbocycles. The second-order valence-corrected chi connectivity index (χ2v) is 8.09. The van der Waals surface area contributed by atoms with Crippen molar-refractivity contribution in [2.24, 2.45) is 0 Å². The Morgan fingerprint density at radius 3 is 2.73 bits per heavy atom. The number of hydrogen-bond acceptors (Lipinski definition) is 6. The molecule has 0 N–H and O–H groups in total. The molecular formula is C21H16BrFN4O2S. The molecule has 4 rings (SSSR count). The standard InChI is InChI=1S/C21H16BrFN4O2S/c1-26(21-25-17(12-30-21)13-3-6-15(23)7-4-13)20-16(8-10-19(28)29-2)24-18-9-5-14(22)11-27(18)20/h3-12H,1-2H3/b10-8+. The molecule has 6 nitrogen and oxygen atoms in total. The van der Waals surface area contributed by atoms with Crippen LogP contribution >= 0.6 is 27.3 Å². The number of aromatic nitrogens is 3. The third-order valence-electron chi connectivity index (χ3n) is 4.40. The van der Waals surface area contributed by atoms with Crippen LogP contribution in [-0.4, -0.2) is 34.5 Å². The van der Waals surface area contributed by atoms with Crippen molar-refractivity contribution in [3.05, 3.63) is 70.0 Å². The molecule has 0 bridgehead atoms. The molecule has 152 valence electrons. The molecule has 0 saturated carbocycles. The Morgan fingerprint density at radius 2 is 2.00 bits per heavy atom. The fourth-order valence-electron chi connectivity index (χ4n) is 2.95. The molecule has 0 unspecified atom stereocenters. The Balaban J connectivity index is 1.77. The molecule has 4 aromatic rings. The fourth-order valence-corrected chi connectivity index (χ4v) is 4.09. The molecule has 1 aromatic carbocycles. The molecule has 3 heterocycles. The summed E-state index contributed by atoms with van der Waals surface area (Å²) in [6.45, 7) is 0. The quantitative estimate of drug-likeness (QED) is 0.282. The first-order chi connectivity index (χ1) is 14.5. The minimum absolute atomic E-state index is 0.287. The Kier molecular flexibility index (Phi) is 5.65. The van der Waals surface area contributed by atoms with Gasteiger partial charge in [0.2, 0.25) is 0 Å². The number of fused-ring (bicyclic) bond motifs is 1. The van der Waals surface area contributed by atoms with Gasteiger partial charge in [-0.25, -0.2) is 19.2 Å². The van der Waals surface area contributed by atoms with Crippen LogP contribution in [0.5, 0.6) is 0 Å². The minimum Gasteiger partial charge on any atom is -0.466 e. The maximum Gasteiger partial charge on any atom is 0.330 e. The van der Waals surface area contributed by atoms with E-state index >= 15 is 0 Å². The number of rotatable bonds is 5. The number of carbonyl (C=O) groups excluding carboxylic acids is 1. The zero-order valence-electron chi connectivity index (χ0n) is 16.0. The van der Waals surface area contributed by atoms with Crippen molar-refractivity contribution in [2.75, 3.05) is 19.1 Å². The van der Waals surface area contributed by atoms with E-state index in [1.807, 2.05) is 40.1 Å². The molecule has 0 spiro atoms. The van der Waals surface area contributed by atoms with Crippen molar-refractivity contribution in [1.29, 1.82) is 0 Å². The van der Waals surface area contributed by atoms with Gasteiger partial charge in [0.05, 0.1) is 12.8 Å². The summed E-state index contributed by atoms with van der Waals surface area (Å²) in [4.78, 5) is 22.8. The number of methoxy groups -OCH3 is 1. The van der Waals surface area contributed by atoms with Crippen LogP contribution in [0.3, 0.4) is 0 Å². The van der Waals surface area contributed by atoms with Gasteiger partial charge in [0.1, 0.15) is 23.0 Å². The molecule has 9 heteroatoms. The number of anilines is 2. The van der Waals surface area contributed by atoms with Crippen LogP contribution in [0, 0.1) is 5.82 Å². The molecule has 0 aliphatic heterocycles. The van der Waals surface area contributed by atoms with E-state index in [9.17, 15) is 9.18 Å². The van der Waals surface area contributed by atoms with E-state index < -0.39 is 5.97 Å². The molecule has 0 atom stereocenters. The third-order valence-corrected chi connectivity index (χ3v) is 5.78. The maximum absolute atomic E-state index is 13.2. The zero-order chi connectivity index (χ0) is 21.3. The highest BCUT2D eigenvalue weighted by atomic mass is 79.9. The van der Waals surface area contributed by atoms with E-state index in [4.69, 9.17) is 9.72 Å². The Morgan fingerprint density at radius 1 is 1.23 bits per heavy atom. The van der Waals surface area contributed by atoms with Gasteiger partial charge in [0.25, 0.3) is 0 Å². The molecule has 0 amide bonds. The van der Waals surface area contributed by atoms with Gasteiger partial charge in [0.15, 0.2) is 5.13 Å². The molecule has 0 fully saturated rings. The number of benzene rings is 1. The molecule has 0 aliphatic rings. The monoisotopic (exact) mass is 486 g/mol. The number of halogens is 2. The van der Waals surface area contributed by atoms with E-state index in [-0.39, 0.29) is 5.82 Å². The molecule has 30 heavy (non-hydrogen) atoms. The summed E-state index contributed by atoms with van der Waals surface area (Å²) < 4.78 is 20.7. The maximum atomic E-state index is 13.2. The van der Waals surface area contributed by atoms with Gasteiger partial charge >= 0.3 is 5.97 Å². The van der Waals surface area contributed by atoms with Gasteiger partial charge in [-0.15, -0.1) is 11.3 Å². The van der Waals surface area contributed by atoms with Crippen LogP contribution in [0.1, 0.15) is 5.69 Å². The van der Waals surface area contributed by atoms with Gasteiger partial charge in [-0.05, 0) is 58.4 Å². The van der Waals surface area contributed by atoms with Crippen LogP contribution in [0.4, 0.5) is 15.3 Å². The van der Waals surface area contributed by atoms with Crippen molar-refractivity contribution in [3.63, 3.8) is 0 Å². The third kappa shape index (κ3) is 3.99. The summed E-state index contributed by atoms with van der Waals surface area (Å²) in [6.07, 6.45) is 4.85. The smallest absolute Gasteiger partial charge is 0.330 e. The fraction of sp³-hybridized carbons (Fsp3) is 0.0952. The predicted molar refractivity (Wildman–Crippen MR) is 120 cm³/mol. The predicted octanol–water partition coefficient (Wildman–Crippen LogP) is 5.31. The highest BCUT2D eigenvalue weighted by Crippen LogP contribution is 2.34. The first-order valence-corrected chi connectivity index (χ1v) is 10.5. The molecule has 3 aromatic heterocycles. The number of ether oxygens (including phenoxy) is 1. The Hall–Kier alpha value is -3.04. The van der Waals surface area contributed by atoms with Crippen LogP contribution in [0.15, 0.2) is 58.5 Å². The number of thiazole rings is 1. The lowest BCUT2D eigenvalue weighted by Crippen LogP contribution is -2.13. The van der Waals surface area contributed by atoms with Gasteiger partial charge in [-0.1, -0.05) is 0 Å². The highest BCUT2D eigenvalue weighted by Gasteiger charge is 2.19. The first kappa shape index (κ1) is 20.2. The normalized spacial score (nSPS) is 11.3. The highest BCUT2D eigenvalue weighted by molar-refractivity contribution is 9.10. The second kappa shape index (κ2) is 8.37. The Bertz CT molecular complexity index is 1250. The average Bonchev–Trinajstić information content (AvgIpc) is 3.37. The van der Waals surface area contributed by atoms with E-state index in [0.29, 0.717) is 5.69 Å². The summed E-state index contributed by atoms with van der Waals surface area (Å²) in [6, 6.07) is 10.00. The van der Waals surface area contributed by atoms with Gasteiger partial charge in [-0.2, -0.15) is 0 Å². The van der Waals surface area contributed by atoms with Gasteiger partial charge < -0.3 is 9.64 Å². The first-order valence-electron chi connectivity index (χ1n) is 8.85. The molecule has 0 saturated heterocycles. The van der Waals surface area contributed by atoms with Crippen molar-refractivity contribution in [3.8, 4) is 11.3 Å².